The van der Waals surface area contributed by atoms with Crippen LogP contribution in [0.25, 0.3) is 0 Å². The third-order valence-corrected chi connectivity index (χ3v) is 30.5. The molecule has 10 amide bonds. The van der Waals surface area contributed by atoms with Crippen molar-refractivity contribution in [2.45, 2.75) is 202 Å². The molecule has 0 radical (unpaired) electrons. The summed E-state index contributed by atoms with van der Waals surface area (Å²) in [5, 5.41) is 80.7. The van der Waals surface area contributed by atoms with E-state index in [4.69, 9.17) is 0 Å². The number of fused-ring (bicyclic) bond motifs is 5. The Morgan fingerprint density at radius 1 is 0.285 bits per heavy atom. The Bertz CT molecular complexity index is 5070. The molecule has 4 unspecified atom stereocenters. The van der Waals surface area contributed by atoms with Gasteiger partial charge in [0.15, 0.2) is 0 Å². The van der Waals surface area contributed by atoms with Crippen LogP contribution in [0.4, 0.5) is 24.0 Å². The summed E-state index contributed by atoms with van der Waals surface area (Å²) in [5.74, 6) is 0.917. The molecule has 0 saturated heterocycles. The van der Waals surface area contributed by atoms with Crippen LogP contribution in [0.3, 0.4) is 0 Å². The number of phenolic OH excluding ortho intramolecular Hbond substituents is 3. The number of urea groups is 5. The smallest absolute Gasteiger partial charge is 0.315 e. The van der Waals surface area contributed by atoms with Gasteiger partial charge >= 0.3 is 30.2 Å². The number of amides is 10. The van der Waals surface area contributed by atoms with Gasteiger partial charge in [0.1, 0.15) is 17.2 Å². The van der Waals surface area contributed by atoms with Crippen molar-refractivity contribution in [1.29, 1.82) is 0 Å². The van der Waals surface area contributed by atoms with E-state index in [-0.39, 0.29) is 88.1 Å². The summed E-state index contributed by atoms with van der Waals surface area (Å²) in [6, 6.07) is 44.4. The maximum absolute atomic E-state index is 12.4. The van der Waals surface area contributed by atoms with Crippen LogP contribution in [0.1, 0.15) is 131 Å². The minimum absolute atomic E-state index is 0.0255. The standard InChI is InChI=1S/C21H29N3O2S.C21H29N3OS.2C20H27N3O2S.C20H27N3OS/c1-15(10-16-7-9-27-13-16)23-20(26)22-14-21(24(2)3)8-6-17-11-19(25)5-4-18(17)12-21;1-16(12-17-9-11-26-14-17)23-20(25)22-15-21(24(2)3)10-8-18-6-4-5-7-19(18)13-21;2*1-14(8-15-6-7-26-12-15)22-19(25)21-13-20(23(2)3)10-16-4-5-18(24)9-17(16)11-20;1-15(10-16-8-9-25-13-16)22-19(24)21-14-20(23(2)3)11-17-6-4-5-7-18(17)12-20/h4-5,7,9,11,13,15,25H,6,8,10,12,14H2,1-3H3,(H2,22,23,26);4-7,9,11,14,16H,8,10,12-13,15H2,1-3H3,(H2,22,23,25);2*4-7,9,12,14,24H,8,10-11,13H2,1-3H3,(H2,21,22,25);4-9,13,15H,10-12,14H2,1-3H3,(H2,21,22,24)/t15-,21?;16-,21?;2*14-,20?;15-/m00000/s1. The van der Waals surface area contributed by atoms with Crippen molar-refractivity contribution in [2.75, 3.05) is 103 Å². The molecule has 0 spiro atoms. The van der Waals surface area contributed by atoms with Gasteiger partial charge in [0.05, 0.1) is 0 Å². The highest BCUT2D eigenvalue weighted by Gasteiger charge is 2.44. The zero-order valence-corrected chi connectivity index (χ0v) is 82.7. The van der Waals surface area contributed by atoms with E-state index in [1.807, 2.05) is 92.3 Å². The van der Waals surface area contributed by atoms with Gasteiger partial charge in [-0.25, -0.2) is 24.0 Å². The van der Waals surface area contributed by atoms with Gasteiger partial charge in [-0.15, -0.1) is 0 Å². The van der Waals surface area contributed by atoms with Gasteiger partial charge in [-0.05, 0) is 418 Å². The molecule has 9 atom stereocenters. The number of carbonyl (C=O) groups excluding carboxylic acids is 5. The van der Waals surface area contributed by atoms with Gasteiger partial charge in [0.25, 0.3) is 0 Å². The number of rotatable bonds is 30. The Morgan fingerprint density at radius 2 is 0.492 bits per heavy atom. The number of hydrogen-bond donors (Lipinski definition) is 13. The van der Waals surface area contributed by atoms with Gasteiger partial charge in [-0.1, -0.05) is 66.7 Å². The van der Waals surface area contributed by atoms with Crippen molar-refractivity contribution >= 4 is 86.8 Å². The lowest BCUT2D eigenvalue weighted by atomic mass is 9.77. The molecule has 10 aromatic rings. The Kier molecular flexibility index (Phi) is 36.4. The molecular formula is C102H139N15O8S5. The second kappa shape index (κ2) is 47.0. The lowest BCUT2D eigenvalue weighted by Gasteiger charge is -2.43. The summed E-state index contributed by atoms with van der Waals surface area (Å²) in [5.41, 5.74) is 18.7. The number of aryl methyl sites for hydroxylation is 2. The van der Waals surface area contributed by atoms with Crippen molar-refractivity contribution in [3.63, 3.8) is 0 Å². The molecule has 0 fully saturated rings. The van der Waals surface area contributed by atoms with Gasteiger partial charge in [0, 0.05) is 90.6 Å². The van der Waals surface area contributed by atoms with Crippen molar-refractivity contribution in [2.24, 2.45) is 0 Å². The van der Waals surface area contributed by atoms with Crippen LogP contribution in [0.15, 0.2) is 187 Å². The zero-order valence-electron chi connectivity index (χ0n) is 78.6. The maximum Gasteiger partial charge on any atom is 0.315 e. The average Bonchev–Trinajstić information content (AvgIpc) is 1.54. The van der Waals surface area contributed by atoms with Crippen molar-refractivity contribution in [3.05, 3.63) is 271 Å². The maximum atomic E-state index is 12.4. The molecule has 700 valence electrons. The van der Waals surface area contributed by atoms with E-state index in [1.54, 1.807) is 74.9 Å². The predicted octanol–water partition coefficient (Wildman–Crippen LogP) is 15.3. The lowest BCUT2D eigenvalue weighted by molar-refractivity contribution is 0.129. The number of nitrogens with one attached hydrogen (secondary N) is 10. The van der Waals surface area contributed by atoms with Crippen molar-refractivity contribution in [3.8, 4) is 17.2 Å². The minimum atomic E-state index is -0.163. The number of carbonyl (C=O) groups is 5. The molecule has 0 aliphatic heterocycles. The second-order valence-electron chi connectivity index (χ2n) is 37.7. The summed E-state index contributed by atoms with van der Waals surface area (Å²) >= 11 is 8.41. The van der Waals surface area contributed by atoms with Crippen LogP contribution in [0.2, 0.25) is 0 Å². The van der Waals surface area contributed by atoms with Crippen LogP contribution in [-0.4, -0.2) is 231 Å². The van der Waals surface area contributed by atoms with Crippen LogP contribution < -0.4 is 53.2 Å². The topological polar surface area (TPSA) is 283 Å². The minimum Gasteiger partial charge on any atom is -0.508 e. The SMILES string of the molecule is C[C@@H](Cc1ccsc1)NC(=O)NCC1(N(C)C)CCc2cc(O)ccc2C1.C[C@@H](Cc1ccsc1)NC(=O)NCC1(N(C)C)CCc2ccccc2C1.C[C@@H](Cc1ccsc1)NC(=O)NCC1(N(C)C)Cc2ccc(O)cc2C1.C[C@@H](Cc1ccsc1)NC(=O)NCC1(N(C)C)Cc2ccc(O)cc2C1.C[C@@H](Cc1ccsc1)NC(=O)NCC1(N(C)C)Cc2ccccc2C1. The summed E-state index contributed by atoms with van der Waals surface area (Å²) < 4.78 is 0. The Balaban J connectivity index is 0.000000157. The van der Waals surface area contributed by atoms with Crippen molar-refractivity contribution in [1.82, 2.24) is 77.7 Å². The number of likely N-dealkylation sites (N-methyl/N-ethyl adjacent to an activating group) is 5. The van der Waals surface area contributed by atoms with Crippen LogP contribution in [-0.2, 0) is 96.3 Å². The first-order chi connectivity index (χ1) is 62.1. The fourth-order valence-corrected chi connectivity index (χ4v) is 22.0. The van der Waals surface area contributed by atoms with Crippen LogP contribution in [0, 0.1) is 0 Å². The van der Waals surface area contributed by atoms with E-state index in [9.17, 15) is 39.3 Å². The molecule has 0 bridgehead atoms. The molecule has 23 nitrogen and oxygen atoms in total. The first-order valence-electron chi connectivity index (χ1n) is 45.3. The monoisotopic (exact) mass is 1860 g/mol. The summed E-state index contributed by atoms with van der Waals surface area (Å²) in [6.45, 7) is 13.2. The van der Waals surface area contributed by atoms with E-state index in [1.165, 1.54) is 72.3 Å². The first-order valence-corrected chi connectivity index (χ1v) is 50.0. The molecule has 15 rings (SSSR count). The molecule has 5 aromatic carbocycles. The molecule has 5 aliphatic carbocycles. The lowest BCUT2D eigenvalue weighted by Crippen LogP contribution is -2.57. The summed E-state index contributed by atoms with van der Waals surface area (Å²) in [7, 11) is 20.8. The van der Waals surface area contributed by atoms with E-state index >= 15 is 0 Å². The number of hydrogen-bond acceptors (Lipinski definition) is 18. The largest absolute Gasteiger partial charge is 0.508 e. The number of phenols is 3. The van der Waals surface area contributed by atoms with E-state index < -0.39 is 0 Å². The predicted molar refractivity (Wildman–Crippen MR) is 536 cm³/mol. The molecule has 0 saturated carbocycles. The van der Waals surface area contributed by atoms with Crippen LogP contribution >= 0.6 is 56.7 Å². The normalized spacial score (nSPS) is 19.4. The average molecular weight is 1860 g/mol. The zero-order chi connectivity index (χ0) is 93.3. The summed E-state index contributed by atoms with van der Waals surface area (Å²) in [4.78, 5) is 73.0. The van der Waals surface area contributed by atoms with E-state index in [0.717, 1.165) is 120 Å². The third-order valence-electron chi connectivity index (χ3n) is 26.8. The Morgan fingerprint density at radius 3 is 0.746 bits per heavy atom. The molecule has 13 N–H and O–H groups in total. The van der Waals surface area contributed by atoms with Gasteiger partial charge < -0.3 is 93.0 Å². The number of benzene rings is 5. The first kappa shape index (κ1) is 101. The third kappa shape index (κ3) is 28.6. The van der Waals surface area contributed by atoms with Gasteiger partial charge in [-0.3, -0.25) is 0 Å². The molecule has 5 aromatic heterocycles. The number of thiophene rings is 5. The van der Waals surface area contributed by atoms with E-state index in [0.29, 0.717) is 50.0 Å². The molecular weight excluding hydrogens is 1720 g/mol. The molecule has 5 heterocycles. The quantitative estimate of drug-likeness (QED) is 0.0200. The number of nitrogens with zero attached hydrogens (tertiary/aromatic N) is 5. The van der Waals surface area contributed by atoms with Crippen molar-refractivity contribution < 1.29 is 39.3 Å². The second-order valence-corrected chi connectivity index (χ2v) is 41.6. The Labute approximate surface area is 791 Å². The Hall–Kier alpha value is -9.85. The fourth-order valence-electron chi connectivity index (χ4n) is 18.6. The van der Waals surface area contributed by atoms with Gasteiger partial charge in [0.2, 0.25) is 0 Å². The molecule has 28 heteroatoms. The highest BCUT2D eigenvalue weighted by molar-refractivity contribution is 7.09. The molecule has 130 heavy (non-hydrogen) atoms. The highest BCUT2D eigenvalue weighted by Crippen LogP contribution is 2.40. The van der Waals surface area contributed by atoms with Crippen LogP contribution in [0.5, 0.6) is 17.2 Å². The van der Waals surface area contributed by atoms with E-state index in [2.05, 4.69) is 260 Å². The summed E-state index contributed by atoms with van der Waals surface area (Å²) in [6.07, 6.45) is 15.3. The fraction of sp³-hybridized carbons (Fsp3) is 0.461. The number of aromatic hydroxyl groups is 3. The molecule has 5 aliphatic rings. The highest BCUT2D eigenvalue weighted by atomic mass is 32.1. The van der Waals surface area contributed by atoms with Gasteiger partial charge in [-0.2, -0.15) is 56.7 Å².